The van der Waals surface area contributed by atoms with Crippen LogP contribution in [0.15, 0.2) is 146 Å². The van der Waals surface area contributed by atoms with Crippen LogP contribution in [0.5, 0.6) is 0 Å². The van der Waals surface area contributed by atoms with Gasteiger partial charge in [-0.1, -0.05) is 121 Å². The van der Waals surface area contributed by atoms with E-state index < -0.39 is 0 Å². The number of para-hydroxylation sites is 1. The van der Waals surface area contributed by atoms with Crippen LogP contribution in [-0.2, 0) is 0 Å². The molecule has 0 aliphatic rings. The van der Waals surface area contributed by atoms with Gasteiger partial charge in [-0.25, -0.2) is 0 Å². The Kier molecular flexibility index (Phi) is 5.41. The summed E-state index contributed by atoms with van der Waals surface area (Å²) in [6.07, 6.45) is 0. The zero-order valence-electron chi connectivity index (χ0n) is 21.3. The van der Waals surface area contributed by atoms with Crippen molar-refractivity contribution in [3.05, 3.63) is 151 Å². The maximum Gasteiger partial charge on any atom is 0.0541 e. The molecule has 0 unspecified atom stereocenters. The molecular weight excluding hydrogens is 458 g/mol. The Labute approximate surface area is 223 Å². The van der Waals surface area contributed by atoms with Crippen molar-refractivity contribution in [3.8, 4) is 39.1 Å². The lowest BCUT2D eigenvalue weighted by Gasteiger charge is -2.17. The summed E-state index contributed by atoms with van der Waals surface area (Å²) in [7, 11) is 0. The van der Waals surface area contributed by atoms with E-state index in [2.05, 4.69) is 157 Å². The van der Waals surface area contributed by atoms with Gasteiger partial charge in [-0.05, 0) is 70.6 Å². The SMILES string of the molecule is Cc1ccc2c(c1)c1ccccc1n2-c1ccc(-c2cccc(-c3ccccc3)c2-c2ccccc2)cc1. The summed E-state index contributed by atoms with van der Waals surface area (Å²) >= 11 is 0. The molecule has 0 radical (unpaired) electrons. The van der Waals surface area contributed by atoms with E-state index >= 15 is 0 Å². The molecule has 0 bridgehead atoms. The number of aryl methyl sites for hydroxylation is 1. The minimum absolute atomic E-state index is 1.17. The number of hydrogen-bond donors (Lipinski definition) is 0. The van der Waals surface area contributed by atoms with Crippen molar-refractivity contribution in [2.45, 2.75) is 6.92 Å². The van der Waals surface area contributed by atoms with Crippen molar-refractivity contribution in [3.63, 3.8) is 0 Å². The molecule has 0 saturated heterocycles. The van der Waals surface area contributed by atoms with Gasteiger partial charge in [-0.2, -0.15) is 0 Å². The summed E-state index contributed by atoms with van der Waals surface area (Å²) in [6.45, 7) is 2.16. The van der Waals surface area contributed by atoms with Crippen LogP contribution in [0, 0.1) is 6.92 Å². The van der Waals surface area contributed by atoms with E-state index in [1.807, 2.05) is 0 Å². The lowest BCUT2D eigenvalue weighted by Crippen LogP contribution is -1.94. The second-order valence-corrected chi connectivity index (χ2v) is 9.88. The molecule has 0 fully saturated rings. The van der Waals surface area contributed by atoms with Crippen LogP contribution in [0.25, 0.3) is 60.9 Å². The molecule has 7 rings (SSSR count). The molecule has 1 heterocycles. The largest absolute Gasteiger partial charge is 0.309 e. The zero-order chi connectivity index (χ0) is 25.5. The molecule has 0 amide bonds. The van der Waals surface area contributed by atoms with Crippen LogP contribution in [0.2, 0.25) is 0 Å². The molecule has 38 heavy (non-hydrogen) atoms. The predicted octanol–water partition coefficient (Wildman–Crippen LogP) is 10.1. The van der Waals surface area contributed by atoms with E-state index in [-0.39, 0.29) is 0 Å². The van der Waals surface area contributed by atoms with Gasteiger partial charge in [-0.15, -0.1) is 0 Å². The molecule has 0 aliphatic carbocycles. The van der Waals surface area contributed by atoms with E-state index in [4.69, 9.17) is 0 Å². The van der Waals surface area contributed by atoms with Crippen LogP contribution < -0.4 is 0 Å². The molecule has 1 heteroatoms. The standard InChI is InChI=1S/C37H27N/c1-26-19-24-36-34(25-26)33-15-8-9-18-35(33)38(36)30-22-20-28(21-23-30)32-17-10-16-31(27-11-4-2-5-12-27)37(32)29-13-6-3-7-14-29/h2-25H,1H3. The van der Waals surface area contributed by atoms with Gasteiger partial charge in [0.1, 0.15) is 0 Å². The Hall–Kier alpha value is -4.88. The van der Waals surface area contributed by atoms with Crippen LogP contribution >= 0.6 is 0 Å². The number of nitrogens with zero attached hydrogens (tertiary/aromatic N) is 1. The maximum atomic E-state index is 2.38. The van der Waals surface area contributed by atoms with E-state index in [9.17, 15) is 0 Å². The third kappa shape index (κ3) is 3.72. The fourth-order valence-electron chi connectivity index (χ4n) is 5.72. The van der Waals surface area contributed by atoms with E-state index in [1.54, 1.807) is 0 Å². The van der Waals surface area contributed by atoms with Gasteiger partial charge < -0.3 is 4.57 Å². The molecule has 0 saturated carbocycles. The Morgan fingerprint density at radius 2 is 1.00 bits per heavy atom. The summed E-state index contributed by atoms with van der Waals surface area (Å²) in [5.74, 6) is 0. The topological polar surface area (TPSA) is 4.93 Å². The highest BCUT2D eigenvalue weighted by atomic mass is 15.0. The summed E-state index contributed by atoms with van der Waals surface area (Å²) in [4.78, 5) is 0. The Bertz CT molecular complexity index is 1890. The van der Waals surface area contributed by atoms with Crippen LogP contribution in [0.3, 0.4) is 0 Å². The molecule has 180 valence electrons. The van der Waals surface area contributed by atoms with Crippen molar-refractivity contribution in [1.29, 1.82) is 0 Å². The number of hydrogen-bond acceptors (Lipinski definition) is 0. The summed E-state index contributed by atoms with van der Waals surface area (Å²) < 4.78 is 2.38. The minimum atomic E-state index is 1.17. The van der Waals surface area contributed by atoms with E-state index in [1.165, 1.54) is 66.4 Å². The lowest BCUT2D eigenvalue weighted by atomic mass is 9.87. The number of aromatic nitrogens is 1. The molecule has 7 aromatic rings. The van der Waals surface area contributed by atoms with Crippen LogP contribution in [-0.4, -0.2) is 4.57 Å². The first-order valence-corrected chi connectivity index (χ1v) is 13.1. The third-order valence-electron chi connectivity index (χ3n) is 7.48. The molecule has 0 N–H and O–H groups in total. The molecular formula is C37H27N. The average Bonchev–Trinajstić information content (AvgIpc) is 3.31. The lowest BCUT2D eigenvalue weighted by molar-refractivity contribution is 1.18. The van der Waals surface area contributed by atoms with E-state index in [0.29, 0.717) is 0 Å². The number of rotatable bonds is 4. The first-order chi connectivity index (χ1) is 18.8. The normalized spacial score (nSPS) is 11.3. The van der Waals surface area contributed by atoms with Gasteiger partial charge in [0.15, 0.2) is 0 Å². The summed E-state index contributed by atoms with van der Waals surface area (Å²) in [5.41, 5.74) is 12.3. The maximum absolute atomic E-state index is 2.38. The first kappa shape index (κ1) is 22.3. The van der Waals surface area contributed by atoms with Crippen molar-refractivity contribution < 1.29 is 0 Å². The van der Waals surface area contributed by atoms with Gasteiger partial charge in [0, 0.05) is 16.5 Å². The van der Waals surface area contributed by atoms with Gasteiger partial charge in [0.05, 0.1) is 11.0 Å². The molecule has 0 aliphatic heterocycles. The molecule has 6 aromatic carbocycles. The quantitative estimate of drug-likeness (QED) is 0.234. The molecule has 0 spiro atoms. The van der Waals surface area contributed by atoms with E-state index in [0.717, 1.165) is 0 Å². The Morgan fingerprint density at radius 1 is 0.421 bits per heavy atom. The highest BCUT2D eigenvalue weighted by Crippen LogP contribution is 2.40. The fraction of sp³-hybridized carbons (Fsp3) is 0.0270. The van der Waals surface area contributed by atoms with Gasteiger partial charge >= 0.3 is 0 Å². The van der Waals surface area contributed by atoms with Crippen LogP contribution in [0.4, 0.5) is 0 Å². The molecule has 0 atom stereocenters. The van der Waals surface area contributed by atoms with Crippen molar-refractivity contribution in [1.82, 2.24) is 4.57 Å². The zero-order valence-corrected chi connectivity index (χ0v) is 21.3. The Morgan fingerprint density at radius 3 is 1.71 bits per heavy atom. The first-order valence-electron chi connectivity index (χ1n) is 13.1. The second kappa shape index (κ2) is 9.21. The summed E-state index contributed by atoms with van der Waals surface area (Å²) in [5, 5.41) is 2.59. The second-order valence-electron chi connectivity index (χ2n) is 9.88. The van der Waals surface area contributed by atoms with Gasteiger partial charge in [-0.3, -0.25) is 0 Å². The summed E-state index contributed by atoms with van der Waals surface area (Å²) in [6, 6.07) is 52.5. The number of benzene rings is 6. The third-order valence-corrected chi connectivity index (χ3v) is 7.48. The van der Waals surface area contributed by atoms with Crippen molar-refractivity contribution >= 4 is 21.8 Å². The van der Waals surface area contributed by atoms with Gasteiger partial charge in [0.2, 0.25) is 0 Å². The highest BCUT2D eigenvalue weighted by Gasteiger charge is 2.15. The average molecular weight is 486 g/mol. The fourth-order valence-corrected chi connectivity index (χ4v) is 5.72. The highest BCUT2D eigenvalue weighted by molar-refractivity contribution is 6.09. The van der Waals surface area contributed by atoms with Crippen LogP contribution in [0.1, 0.15) is 5.56 Å². The Balaban J connectivity index is 1.41. The number of fused-ring (bicyclic) bond motifs is 3. The minimum Gasteiger partial charge on any atom is -0.309 e. The molecule has 1 nitrogen and oxygen atoms in total. The smallest absolute Gasteiger partial charge is 0.0541 e. The monoisotopic (exact) mass is 485 g/mol. The van der Waals surface area contributed by atoms with Crippen molar-refractivity contribution in [2.24, 2.45) is 0 Å². The van der Waals surface area contributed by atoms with Gasteiger partial charge in [0.25, 0.3) is 0 Å². The molecule has 1 aromatic heterocycles. The predicted molar refractivity (Wildman–Crippen MR) is 162 cm³/mol. The van der Waals surface area contributed by atoms with Crippen molar-refractivity contribution in [2.75, 3.05) is 0 Å².